The van der Waals surface area contributed by atoms with Crippen LogP contribution in [0.15, 0.2) is 0 Å². The lowest BCUT2D eigenvalue weighted by Gasteiger charge is -2.14. The molecule has 0 amide bonds. The standard InChI is InChI=1S/C15H23N3/c16-12-6-2-1-4-9-15(11-8-14-18)10-5-3-7-13-17/h15H,1-11H2. The molecule has 0 heterocycles. The van der Waals surface area contributed by atoms with Crippen molar-refractivity contribution in [1.82, 2.24) is 0 Å². The van der Waals surface area contributed by atoms with Crippen LogP contribution in [0, 0.1) is 39.9 Å². The quantitative estimate of drug-likeness (QED) is 0.504. The van der Waals surface area contributed by atoms with Crippen LogP contribution in [0.4, 0.5) is 0 Å². The zero-order chi connectivity index (χ0) is 13.5. The van der Waals surface area contributed by atoms with Crippen molar-refractivity contribution in [1.29, 1.82) is 15.8 Å². The van der Waals surface area contributed by atoms with Gasteiger partial charge in [-0.3, -0.25) is 0 Å². The average Bonchev–Trinajstić information content (AvgIpc) is 2.39. The normalized spacial score (nSPS) is 11.2. The molecule has 3 nitrogen and oxygen atoms in total. The Morgan fingerprint density at radius 3 is 1.61 bits per heavy atom. The summed E-state index contributed by atoms with van der Waals surface area (Å²) in [6, 6.07) is 6.55. The third-order valence-corrected chi connectivity index (χ3v) is 3.22. The van der Waals surface area contributed by atoms with Gasteiger partial charge in [-0.05, 0) is 25.2 Å². The molecule has 98 valence electrons. The Morgan fingerprint density at radius 1 is 0.556 bits per heavy atom. The van der Waals surface area contributed by atoms with E-state index in [9.17, 15) is 0 Å². The molecular formula is C15H23N3. The second-order valence-corrected chi connectivity index (χ2v) is 4.72. The zero-order valence-electron chi connectivity index (χ0n) is 11.2. The molecule has 0 bridgehead atoms. The van der Waals surface area contributed by atoms with Crippen LogP contribution in [-0.2, 0) is 0 Å². The predicted octanol–water partition coefficient (Wildman–Crippen LogP) is 4.46. The van der Waals surface area contributed by atoms with Gasteiger partial charge in [-0.15, -0.1) is 0 Å². The molecule has 0 aliphatic carbocycles. The van der Waals surface area contributed by atoms with Crippen molar-refractivity contribution in [2.24, 2.45) is 5.92 Å². The van der Waals surface area contributed by atoms with Gasteiger partial charge in [0.1, 0.15) is 0 Å². The maximum atomic E-state index is 8.64. The van der Waals surface area contributed by atoms with Crippen LogP contribution in [0.2, 0.25) is 0 Å². The van der Waals surface area contributed by atoms with E-state index in [-0.39, 0.29) is 0 Å². The number of rotatable bonds is 11. The Hall–Kier alpha value is -1.53. The van der Waals surface area contributed by atoms with Gasteiger partial charge in [-0.1, -0.05) is 32.1 Å². The van der Waals surface area contributed by atoms with Gasteiger partial charge in [0.05, 0.1) is 18.2 Å². The Bertz CT molecular complexity index is 303. The summed E-state index contributed by atoms with van der Waals surface area (Å²) in [4.78, 5) is 0. The minimum Gasteiger partial charge on any atom is -0.198 e. The first-order valence-electron chi connectivity index (χ1n) is 6.96. The summed E-state index contributed by atoms with van der Waals surface area (Å²) in [5.41, 5.74) is 0. The van der Waals surface area contributed by atoms with Gasteiger partial charge in [-0.2, -0.15) is 15.8 Å². The smallest absolute Gasteiger partial charge is 0.0621 e. The van der Waals surface area contributed by atoms with E-state index in [2.05, 4.69) is 18.2 Å². The van der Waals surface area contributed by atoms with Gasteiger partial charge in [0.2, 0.25) is 0 Å². The molecule has 0 saturated carbocycles. The number of nitrogens with zero attached hydrogens (tertiary/aromatic N) is 3. The molecule has 0 aromatic heterocycles. The second-order valence-electron chi connectivity index (χ2n) is 4.72. The fourth-order valence-electron chi connectivity index (χ4n) is 2.15. The Labute approximate surface area is 111 Å². The highest BCUT2D eigenvalue weighted by atomic mass is 14.2. The topological polar surface area (TPSA) is 71.4 Å². The number of unbranched alkanes of at least 4 members (excludes halogenated alkanes) is 5. The number of hydrogen-bond acceptors (Lipinski definition) is 3. The SMILES string of the molecule is N#CCCCCCC(CCC#N)CCCCC#N. The van der Waals surface area contributed by atoms with Crippen molar-refractivity contribution >= 4 is 0 Å². The van der Waals surface area contributed by atoms with E-state index in [1.54, 1.807) is 0 Å². The maximum Gasteiger partial charge on any atom is 0.0621 e. The summed E-state index contributed by atoms with van der Waals surface area (Å²) in [7, 11) is 0. The van der Waals surface area contributed by atoms with Gasteiger partial charge < -0.3 is 0 Å². The third kappa shape index (κ3) is 11.0. The Balaban J connectivity index is 3.68. The molecule has 0 fully saturated rings. The molecule has 0 spiro atoms. The zero-order valence-corrected chi connectivity index (χ0v) is 11.2. The van der Waals surface area contributed by atoms with Crippen LogP contribution in [0.3, 0.4) is 0 Å². The molecule has 1 unspecified atom stereocenters. The number of hydrogen-bond donors (Lipinski definition) is 0. The summed E-state index contributed by atoms with van der Waals surface area (Å²) >= 11 is 0. The van der Waals surface area contributed by atoms with Gasteiger partial charge in [0, 0.05) is 19.3 Å². The molecular weight excluding hydrogens is 222 g/mol. The van der Waals surface area contributed by atoms with Gasteiger partial charge in [0.25, 0.3) is 0 Å². The average molecular weight is 245 g/mol. The van der Waals surface area contributed by atoms with Crippen molar-refractivity contribution in [3.63, 3.8) is 0 Å². The summed E-state index contributed by atoms with van der Waals surface area (Å²) < 4.78 is 0. The van der Waals surface area contributed by atoms with Gasteiger partial charge >= 0.3 is 0 Å². The highest BCUT2D eigenvalue weighted by molar-refractivity contribution is 4.74. The predicted molar refractivity (Wildman–Crippen MR) is 71.1 cm³/mol. The van der Waals surface area contributed by atoms with Gasteiger partial charge in [-0.25, -0.2) is 0 Å². The molecule has 0 saturated heterocycles. The van der Waals surface area contributed by atoms with Crippen LogP contribution in [0.1, 0.15) is 70.6 Å². The lowest BCUT2D eigenvalue weighted by atomic mass is 9.91. The van der Waals surface area contributed by atoms with Crippen molar-refractivity contribution in [3.8, 4) is 18.2 Å². The lowest BCUT2D eigenvalue weighted by molar-refractivity contribution is 0.390. The van der Waals surface area contributed by atoms with Crippen LogP contribution < -0.4 is 0 Å². The lowest BCUT2D eigenvalue weighted by Crippen LogP contribution is -2.01. The number of nitriles is 3. The van der Waals surface area contributed by atoms with E-state index in [0.717, 1.165) is 44.9 Å². The molecule has 0 radical (unpaired) electrons. The first-order chi connectivity index (χ1) is 8.85. The van der Waals surface area contributed by atoms with Crippen molar-refractivity contribution in [2.45, 2.75) is 70.6 Å². The molecule has 0 aromatic carbocycles. The van der Waals surface area contributed by atoms with Crippen LogP contribution in [0.25, 0.3) is 0 Å². The molecule has 0 rings (SSSR count). The molecule has 1 atom stereocenters. The first-order valence-corrected chi connectivity index (χ1v) is 6.96. The van der Waals surface area contributed by atoms with Crippen molar-refractivity contribution < 1.29 is 0 Å². The van der Waals surface area contributed by atoms with E-state index in [1.807, 2.05) is 0 Å². The Morgan fingerprint density at radius 2 is 1.06 bits per heavy atom. The van der Waals surface area contributed by atoms with E-state index in [1.165, 1.54) is 6.42 Å². The maximum absolute atomic E-state index is 8.64. The molecule has 0 aliphatic rings. The van der Waals surface area contributed by atoms with Crippen LogP contribution >= 0.6 is 0 Å². The summed E-state index contributed by atoms with van der Waals surface area (Å²) in [6.45, 7) is 0. The summed E-state index contributed by atoms with van der Waals surface area (Å²) in [5, 5.41) is 25.6. The van der Waals surface area contributed by atoms with Crippen LogP contribution in [-0.4, -0.2) is 0 Å². The second kappa shape index (κ2) is 13.5. The highest BCUT2D eigenvalue weighted by Crippen LogP contribution is 2.22. The summed E-state index contributed by atoms with van der Waals surface area (Å²) in [6.07, 6.45) is 10.6. The monoisotopic (exact) mass is 245 g/mol. The molecule has 0 aliphatic heterocycles. The first kappa shape index (κ1) is 16.5. The molecule has 18 heavy (non-hydrogen) atoms. The minimum atomic E-state index is 0.630. The van der Waals surface area contributed by atoms with Gasteiger partial charge in [0.15, 0.2) is 0 Å². The fourth-order valence-corrected chi connectivity index (χ4v) is 2.15. The van der Waals surface area contributed by atoms with Crippen molar-refractivity contribution in [2.75, 3.05) is 0 Å². The van der Waals surface area contributed by atoms with Crippen molar-refractivity contribution in [3.05, 3.63) is 0 Å². The van der Waals surface area contributed by atoms with Crippen LogP contribution in [0.5, 0.6) is 0 Å². The highest BCUT2D eigenvalue weighted by Gasteiger charge is 2.08. The largest absolute Gasteiger partial charge is 0.198 e. The third-order valence-electron chi connectivity index (χ3n) is 3.22. The molecule has 0 N–H and O–H groups in total. The fraction of sp³-hybridized carbons (Fsp3) is 0.800. The van der Waals surface area contributed by atoms with E-state index < -0.39 is 0 Å². The Kier molecular flexibility index (Phi) is 12.4. The van der Waals surface area contributed by atoms with E-state index >= 15 is 0 Å². The minimum absolute atomic E-state index is 0.630. The van der Waals surface area contributed by atoms with E-state index in [0.29, 0.717) is 25.2 Å². The molecule has 3 heteroatoms. The van der Waals surface area contributed by atoms with E-state index in [4.69, 9.17) is 15.8 Å². The summed E-state index contributed by atoms with van der Waals surface area (Å²) in [5.74, 6) is 0.630. The molecule has 0 aromatic rings.